The van der Waals surface area contributed by atoms with Gasteiger partial charge in [-0.2, -0.15) is 0 Å². The highest BCUT2D eigenvalue weighted by Gasteiger charge is 2.52. The third-order valence-corrected chi connectivity index (χ3v) is 6.40. The highest BCUT2D eigenvalue weighted by Crippen LogP contribution is 2.44. The molecule has 3 heterocycles. The van der Waals surface area contributed by atoms with Gasteiger partial charge in [0.2, 0.25) is 11.8 Å². The number of hydrogen-bond acceptors (Lipinski definition) is 6. The van der Waals surface area contributed by atoms with Crippen LogP contribution in [-0.4, -0.2) is 45.6 Å². The van der Waals surface area contributed by atoms with Gasteiger partial charge in [0.25, 0.3) is 5.91 Å². The van der Waals surface area contributed by atoms with Crippen molar-refractivity contribution >= 4 is 45.7 Å². The average molecular weight is 426 g/mol. The predicted octanol–water partition coefficient (Wildman–Crippen LogP) is 3.06. The molecule has 0 aliphatic carbocycles. The Labute approximate surface area is 177 Å². The van der Waals surface area contributed by atoms with E-state index in [9.17, 15) is 19.2 Å². The first kappa shape index (κ1) is 20.2. The number of nitrogens with one attached hydrogen (secondary N) is 1. The smallest absolute Gasteiger partial charge is 0.257 e. The molecule has 2 aromatic rings. The van der Waals surface area contributed by atoms with E-state index in [1.807, 2.05) is 19.1 Å². The first-order valence-electron chi connectivity index (χ1n) is 9.81. The number of anilines is 2. The Morgan fingerprint density at radius 3 is 2.77 bits per heavy atom. The van der Waals surface area contributed by atoms with Gasteiger partial charge in [0, 0.05) is 31.7 Å². The van der Waals surface area contributed by atoms with Gasteiger partial charge < -0.3 is 10.2 Å². The van der Waals surface area contributed by atoms with Crippen LogP contribution in [0.3, 0.4) is 0 Å². The number of nitrogens with zero attached hydrogens (tertiary/aromatic N) is 3. The summed E-state index contributed by atoms with van der Waals surface area (Å²) in [6.45, 7) is 3.69. The average Bonchev–Trinajstić information content (AvgIpc) is 3.29. The number of carbonyl (C=O) groups excluding carboxylic acids is 4. The number of hydrogen-bond donors (Lipinski definition) is 1. The van der Waals surface area contributed by atoms with E-state index in [0.29, 0.717) is 47.9 Å². The van der Waals surface area contributed by atoms with Crippen LogP contribution in [0, 0.1) is 0 Å². The van der Waals surface area contributed by atoms with Crippen molar-refractivity contribution in [2.45, 2.75) is 45.2 Å². The highest BCUT2D eigenvalue weighted by atomic mass is 32.1. The molecule has 4 rings (SSSR count). The standard InChI is InChI=1S/C21H22N4O4S/c1-13(26)15-12-30-20(22-15)23-17(27)8-5-11-24-19(29)14-6-3-4-7-16(14)25-18(28)9-10-21(24,25)2/h3-4,6-7,12H,5,8-11H2,1-2H3,(H,22,23,27). The molecule has 0 radical (unpaired) electrons. The number of ketones is 1. The molecule has 8 nitrogen and oxygen atoms in total. The second kappa shape index (κ2) is 7.64. The quantitative estimate of drug-likeness (QED) is 0.716. The lowest BCUT2D eigenvalue weighted by Crippen LogP contribution is -2.62. The summed E-state index contributed by atoms with van der Waals surface area (Å²) in [5.41, 5.74) is 0.776. The largest absolute Gasteiger partial charge is 0.315 e. The van der Waals surface area contributed by atoms with Gasteiger partial charge in [-0.05, 0) is 31.9 Å². The van der Waals surface area contributed by atoms with Gasteiger partial charge in [-0.15, -0.1) is 11.3 Å². The first-order valence-corrected chi connectivity index (χ1v) is 10.7. The lowest BCUT2D eigenvalue weighted by molar-refractivity contribution is -0.118. The van der Waals surface area contributed by atoms with E-state index in [-0.39, 0.29) is 29.9 Å². The summed E-state index contributed by atoms with van der Waals surface area (Å²) >= 11 is 1.20. The highest BCUT2D eigenvalue weighted by molar-refractivity contribution is 7.14. The van der Waals surface area contributed by atoms with E-state index in [1.54, 1.807) is 27.3 Å². The number of Topliss-reactive ketones (excluding diaryl/α,β-unsaturated/α-hetero) is 1. The molecule has 9 heteroatoms. The Bertz CT molecular complexity index is 1050. The number of benzene rings is 1. The number of aromatic nitrogens is 1. The summed E-state index contributed by atoms with van der Waals surface area (Å²) in [5, 5.41) is 4.68. The van der Waals surface area contributed by atoms with Crippen molar-refractivity contribution in [1.82, 2.24) is 9.88 Å². The third kappa shape index (κ3) is 3.39. The second-order valence-corrected chi connectivity index (χ2v) is 8.52. The maximum atomic E-state index is 13.2. The number of thiazole rings is 1. The molecule has 0 spiro atoms. The summed E-state index contributed by atoms with van der Waals surface area (Å²) < 4.78 is 0. The summed E-state index contributed by atoms with van der Waals surface area (Å²) in [6.07, 6.45) is 1.59. The van der Waals surface area contributed by atoms with Gasteiger partial charge >= 0.3 is 0 Å². The molecular weight excluding hydrogens is 404 g/mol. The van der Waals surface area contributed by atoms with Gasteiger partial charge in [-0.1, -0.05) is 12.1 Å². The van der Waals surface area contributed by atoms with E-state index in [1.165, 1.54) is 18.3 Å². The number of fused-ring (bicyclic) bond motifs is 3. The van der Waals surface area contributed by atoms with E-state index in [2.05, 4.69) is 10.3 Å². The van der Waals surface area contributed by atoms with Crippen molar-refractivity contribution in [3.8, 4) is 0 Å². The molecule has 30 heavy (non-hydrogen) atoms. The lowest BCUT2D eigenvalue weighted by atomic mass is 9.98. The van der Waals surface area contributed by atoms with E-state index < -0.39 is 5.66 Å². The molecule has 1 unspecified atom stereocenters. The van der Waals surface area contributed by atoms with Crippen molar-refractivity contribution in [2.24, 2.45) is 0 Å². The number of carbonyl (C=O) groups is 4. The number of rotatable bonds is 6. The van der Waals surface area contributed by atoms with Crippen LogP contribution in [0.5, 0.6) is 0 Å². The molecule has 156 valence electrons. The summed E-state index contributed by atoms with van der Waals surface area (Å²) in [6, 6.07) is 7.16. The van der Waals surface area contributed by atoms with Crippen LogP contribution in [0.25, 0.3) is 0 Å². The van der Waals surface area contributed by atoms with Gasteiger partial charge in [-0.3, -0.25) is 24.1 Å². The molecule has 1 aromatic heterocycles. The Morgan fingerprint density at radius 2 is 2.03 bits per heavy atom. The van der Waals surface area contributed by atoms with Gasteiger partial charge in [0.05, 0.1) is 11.3 Å². The van der Waals surface area contributed by atoms with Crippen molar-refractivity contribution in [2.75, 3.05) is 16.8 Å². The van der Waals surface area contributed by atoms with Crippen molar-refractivity contribution in [1.29, 1.82) is 0 Å². The topological polar surface area (TPSA) is 99.7 Å². The van der Waals surface area contributed by atoms with Crippen molar-refractivity contribution < 1.29 is 19.2 Å². The maximum Gasteiger partial charge on any atom is 0.257 e. The zero-order chi connectivity index (χ0) is 21.5. The Kier molecular flexibility index (Phi) is 5.15. The third-order valence-electron chi connectivity index (χ3n) is 5.64. The molecule has 2 aliphatic heterocycles. The Morgan fingerprint density at radius 1 is 1.27 bits per heavy atom. The molecule has 1 N–H and O–H groups in total. The van der Waals surface area contributed by atoms with Crippen LogP contribution in [-0.2, 0) is 9.59 Å². The molecule has 1 aromatic carbocycles. The minimum absolute atomic E-state index is 0.00485. The Hall–Kier alpha value is -3.07. The minimum atomic E-state index is -0.718. The molecule has 0 bridgehead atoms. The van der Waals surface area contributed by atoms with Crippen LogP contribution in [0.4, 0.5) is 10.8 Å². The first-order chi connectivity index (χ1) is 14.3. The van der Waals surface area contributed by atoms with Crippen LogP contribution >= 0.6 is 11.3 Å². The number of amides is 3. The van der Waals surface area contributed by atoms with Crippen LogP contribution in [0.2, 0.25) is 0 Å². The minimum Gasteiger partial charge on any atom is -0.315 e. The van der Waals surface area contributed by atoms with Gasteiger partial charge in [0.1, 0.15) is 11.4 Å². The molecule has 2 aliphatic rings. The summed E-state index contributed by atoms with van der Waals surface area (Å²) in [5.74, 6) is -0.496. The van der Waals surface area contributed by atoms with E-state index in [0.717, 1.165) is 0 Å². The zero-order valence-corrected chi connectivity index (χ0v) is 17.6. The predicted molar refractivity (Wildman–Crippen MR) is 113 cm³/mol. The van der Waals surface area contributed by atoms with Gasteiger partial charge in [0.15, 0.2) is 10.9 Å². The van der Waals surface area contributed by atoms with Crippen molar-refractivity contribution in [3.63, 3.8) is 0 Å². The molecule has 3 amide bonds. The van der Waals surface area contributed by atoms with Gasteiger partial charge in [-0.25, -0.2) is 4.98 Å². The molecular formula is C21H22N4O4S. The molecule has 0 saturated carbocycles. The fourth-order valence-corrected chi connectivity index (χ4v) is 4.88. The SMILES string of the molecule is CC(=O)c1csc(NC(=O)CCCN2C(=O)c3ccccc3N3C(=O)CCC23C)n1. The van der Waals surface area contributed by atoms with Crippen LogP contribution in [0.15, 0.2) is 29.6 Å². The monoisotopic (exact) mass is 426 g/mol. The summed E-state index contributed by atoms with van der Waals surface area (Å²) in [7, 11) is 0. The number of para-hydroxylation sites is 1. The zero-order valence-electron chi connectivity index (χ0n) is 16.8. The second-order valence-electron chi connectivity index (χ2n) is 7.67. The molecule has 1 atom stereocenters. The van der Waals surface area contributed by atoms with E-state index in [4.69, 9.17) is 0 Å². The fourth-order valence-electron chi connectivity index (χ4n) is 4.11. The molecule has 1 fully saturated rings. The fraction of sp³-hybridized carbons (Fsp3) is 0.381. The van der Waals surface area contributed by atoms with Crippen LogP contribution < -0.4 is 10.2 Å². The summed E-state index contributed by atoms with van der Waals surface area (Å²) in [4.78, 5) is 56.8. The van der Waals surface area contributed by atoms with Crippen molar-refractivity contribution in [3.05, 3.63) is 40.9 Å². The maximum absolute atomic E-state index is 13.2. The molecule has 1 saturated heterocycles. The normalized spacial score (nSPS) is 20.2. The Balaban J connectivity index is 1.44. The van der Waals surface area contributed by atoms with Crippen LogP contribution in [0.1, 0.15) is 60.4 Å². The lowest BCUT2D eigenvalue weighted by Gasteiger charge is -2.48. The van der Waals surface area contributed by atoms with E-state index >= 15 is 0 Å².